The summed E-state index contributed by atoms with van der Waals surface area (Å²) in [5.74, 6) is 0. The average Bonchev–Trinajstić information content (AvgIpc) is 2.20. The van der Waals surface area contributed by atoms with E-state index in [9.17, 15) is 0 Å². The Hall–Kier alpha value is 0.680. The summed E-state index contributed by atoms with van der Waals surface area (Å²) in [6.45, 7) is 1.92. The van der Waals surface area contributed by atoms with E-state index in [0.29, 0.717) is 0 Å². The molecule has 1 N–H and O–H groups in total. The summed E-state index contributed by atoms with van der Waals surface area (Å²) in [7, 11) is 0. The van der Waals surface area contributed by atoms with Crippen molar-refractivity contribution in [2.45, 2.75) is 19.4 Å². The highest BCUT2D eigenvalue weighted by atomic mass is 127. The van der Waals surface area contributed by atoms with Gasteiger partial charge in [-0.15, -0.1) is 0 Å². The van der Waals surface area contributed by atoms with Gasteiger partial charge in [0.05, 0.1) is 0 Å². The molecule has 0 aliphatic rings. The molecule has 0 fully saturated rings. The van der Waals surface area contributed by atoms with E-state index in [2.05, 4.69) is 49.9 Å². The molecule has 0 radical (unpaired) electrons. The first-order valence-corrected chi connectivity index (χ1v) is 7.64. The maximum absolute atomic E-state index is 6.10. The van der Waals surface area contributed by atoms with Crippen molar-refractivity contribution in [2.24, 2.45) is 0 Å². The van der Waals surface area contributed by atoms with Crippen LogP contribution in [0.5, 0.6) is 0 Å². The molecule has 0 amide bonds. The van der Waals surface area contributed by atoms with Gasteiger partial charge in [0.1, 0.15) is 0 Å². The standard InChI is InChI=1S/C11H14BrClIN/c12-10-4-3-9(11(13)7-10)8-15-6-2-1-5-14/h3-4,7,15H,1-2,5-6,8H2. The van der Waals surface area contributed by atoms with Gasteiger partial charge in [-0.1, -0.05) is 56.2 Å². The van der Waals surface area contributed by atoms with Crippen molar-refractivity contribution in [3.8, 4) is 0 Å². The largest absolute Gasteiger partial charge is 0.313 e. The van der Waals surface area contributed by atoms with Gasteiger partial charge in [-0.25, -0.2) is 0 Å². The first-order valence-electron chi connectivity index (χ1n) is 4.94. The van der Waals surface area contributed by atoms with Crippen molar-refractivity contribution in [1.82, 2.24) is 5.32 Å². The van der Waals surface area contributed by atoms with Crippen LogP contribution in [0, 0.1) is 0 Å². The summed E-state index contributed by atoms with van der Waals surface area (Å²) in [6.07, 6.45) is 2.51. The Morgan fingerprint density at radius 3 is 2.80 bits per heavy atom. The van der Waals surface area contributed by atoms with Gasteiger partial charge in [-0.2, -0.15) is 0 Å². The van der Waals surface area contributed by atoms with Gasteiger partial charge in [-0.3, -0.25) is 0 Å². The van der Waals surface area contributed by atoms with E-state index in [1.807, 2.05) is 12.1 Å². The summed E-state index contributed by atoms with van der Waals surface area (Å²) >= 11 is 11.9. The smallest absolute Gasteiger partial charge is 0.0462 e. The van der Waals surface area contributed by atoms with Crippen molar-refractivity contribution >= 4 is 50.1 Å². The van der Waals surface area contributed by atoms with Gasteiger partial charge in [-0.05, 0) is 41.5 Å². The highest BCUT2D eigenvalue weighted by molar-refractivity contribution is 14.1. The molecule has 84 valence electrons. The minimum absolute atomic E-state index is 0.825. The van der Waals surface area contributed by atoms with Gasteiger partial charge in [0, 0.05) is 16.0 Å². The second-order valence-electron chi connectivity index (χ2n) is 3.31. The lowest BCUT2D eigenvalue weighted by atomic mass is 10.2. The van der Waals surface area contributed by atoms with Crippen molar-refractivity contribution in [2.75, 3.05) is 11.0 Å². The van der Waals surface area contributed by atoms with Gasteiger partial charge >= 0.3 is 0 Å². The number of rotatable bonds is 6. The lowest BCUT2D eigenvalue weighted by molar-refractivity contribution is 0.646. The quantitative estimate of drug-likeness (QED) is 0.422. The molecule has 0 aliphatic carbocycles. The molecule has 0 saturated carbocycles. The fourth-order valence-electron chi connectivity index (χ4n) is 1.23. The number of halogens is 3. The Morgan fingerprint density at radius 2 is 2.13 bits per heavy atom. The molecular weight excluding hydrogens is 388 g/mol. The molecule has 0 spiro atoms. The monoisotopic (exact) mass is 401 g/mol. The molecule has 15 heavy (non-hydrogen) atoms. The number of benzene rings is 1. The molecule has 0 aliphatic heterocycles. The van der Waals surface area contributed by atoms with E-state index in [1.54, 1.807) is 0 Å². The minimum atomic E-state index is 0.825. The Kier molecular flexibility index (Phi) is 7.21. The van der Waals surface area contributed by atoms with Crippen LogP contribution in [0.25, 0.3) is 0 Å². The number of unbranched alkanes of at least 4 members (excludes halogenated alkanes) is 1. The zero-order valence-electron chi connectivity index (χ0n) is 8.40. The second-order valence-corrected chi connectivity index (χ2v) is 5.71. The van der Waals surface area contributed by atoms with Gasteiger partial charge in [0.2, 0.25) is 0 Å². The van der Waals surface area contributed by atoms with Crippen LogP contribution in [0.4, 0.5) is 0 Å². The maximum Gasteiger partial charge on any atom is 0.0462 e. The molecule has 0 bridgehead atoms. The van der Waals surface area contributed by atoms with E-state index >= 15 is 0 Å². The third-order valence-corrected chi connectivity index (χ3v) is 3.68. The highest BCUT2D eigenvalue weighted by Crippen LogP contribution is 2.21. The second kappa shape index (κ2) is 7.87. The molecule has 1 aromatic carbocycles. The third kappa shape index (κ3) is 5.52. The normalized spacial score (nSPS) is 10.6. The fourth-order valence-corrected chi connectivity index (χ4v) is 2.51. The summed E-state index contributed by atoms with van der Waals surface area (Å²) < 4.78 is 2.26. The minimum Gasteiger partial charge on any atom is -0.313 e. The van der Waals surface area contributed by atoms with Crippen LogP contribution in [-0.4, -0.2) is 11.0 Å². The van der Waals surface area contributed by atoms with Crippen molar-refractivity contribution < 1.29 is 0 Å². The Labute approximate surface area is 118 Å². The number of alkyl halides is 1. The molecule has 0 atom stereocenters. The van der Waals surface area contributed by atoms with E-state index in [0.717, 1.165) is 28.1 Å². The lowest BCUT2D eigenvalue weighted by Crippen LogP contribution is -2.14. The van der Waals surface area contributed by atoms with Crippen LogP contribution in [0.3, 0.4) is 0 Å². The number of nitrogens with one attached hydrogen (secondary N) is 1. The lowest BCUT2D eigenvalue weighted by Gasteiger charge is -2.06. The topological polar surface area (TPSA) is 12.0 Å². The number of hydrogen-bond donors (Lipinski definition) is 1. The zero-order chi connectivity index (χ0) is 11.1. The third-order valence-electron chi connectivity index (χ3n) is 2.07. The molecule has 4 heteroatoms. The molecule has 0 heterocycles. The number of hydrogen-bond acceptors (Lipinski definition) is 1. The van der Waals surface area contributed by atoms with Gasteiger partial charge in [0.25, 0.3) is 0 Å². The predicted octanol–water partition coefficient (Wildman–Crippen LogP) is 4.41. The Balaban J connectivity index is 2.31. The van der Waals surface area contributed by atoms with Gasteiger partial charge in [0.15, 0.2) is 0 Å². The summed E-state index contributed by atoms with van der Waals surface area (Å²) in [6, 6.07) is 6.01. The first kappa shape index (κ1) is 13.7. The van der Waals surface area contributed by atoms with E-state index < -0.39 is 0 Å². The first-order chi connectivity index (χ1) is 7.24. The predicted molar refractivity (Wildman–Crippen MR) is 79.0 cm³/mol. The van der Waals surface area contributed by atoms with Crippen LogP contribution >= 0.6 is 50.1 Å². The average molecular weight is 403 g/mol. The van der Waals surface area contributed by atoms with Crippen molar-refractivity contribution in [3.05, 3.63) is 33.3 Å². The summed E-state index contributed by atoms with van der Waals surface area (Å²) in [5, 5.41) is 4.22. The Morgan fingerprint density at radius 1 is 1.33 bits per heavy atom. The molecule has 0 unspecified atom stereocenters. The summed E-state index contributed by atoms with van der Waals surface area (Å²) in [5.41, 5.74) is 1.16. The molecule has 0 aromatic heterocycles. The van der Waals surface area contributed by atoms with Crippen LogP contribution in [-0.2, 0) is 6.54 Å². The molecule has 0 saturated heterocycles. The SMILES string of the molecule is Clc1cc(Br)ccc1CNCCCCI. The molecule has 1 rings (SSSR count). The summed E-state index contributed by atoms with van der Waals surface area (Å²) in [4.78, 5) is 0. The van der Waals surface area contributed by atoms with Crippen molar-refractivity contribution in [1.29, 1.82) is 0 Å². The molecule has 1 aromatic rings. The van der Waals surface area contributed by atoms with Crippen LogP contribution < -0.4 is 5.32 Å². The van der Waals surface area contributed by atoms with Crippen LogP contribution in [0.15, 0.2) is 22.7 Å². The highest BCUT2D eigenvalue weighted by Gasteiger charge is 1.99. The molecule has 1 nitrogen and oxygen atoms in total. The fraction of sp³-hybridized carbons (Fsp3) is 0.455. The van der Waals surface area contributed by atoms with Gasteiger partial charge < -0.3 is 5.32 Å². The van der Waals surface area contributed by atoms with Crippen LogP contribution in [0.2, 0.25) is 5.02 Å². The zero-order valence-corrected chi connectivity index (χ0v) is 12.9. The maximum atomic E-state index is 6.10. The van der Waals surface area contributed by atoms with E-state index in [4.69, 9.17) is 11.6 Å². The van der Waals surface area contributed by atoms with E-state index in [-0.39, 0.29) is 0 Å². The van der Waals surface area contributed by atoms with E-state index in [1.165, 1.54) is 17.3 Å². The van der Waals surface area contributed by atoms with Crippen LogP contribution in [0.1, 0.15) is 18.4 Å². The Bertz CT molecular complexity index is 307. The van der Waals surface area contributed by atoms with Crippen molar-refractivity contribution in [3.63, 3.8) is 0 Å². The molecular formula is C11H14BrClIN.